The molecule has 0 saturated heterocycles. The van der Waals surface area contributed by atoms with E-state index in [0.29, 0.717) is 56.0 Å². The maximum atomic E-state index is 12.6. The van der Waals surface area contributed by atoms with Crippen LogP contribution in [0.15, 0.2) is 59.8 Å². The first-order chi connectivity index (χ1) is 19.0. The third kappa shape index (κ3) is 10.3. The lowest BCUT2D eigenvalue weighted by Gasteiger charge is -2.15. The molecule has 1 aromatic heterocycles. The molecule has 0 aliphatic heterocycles. The van der Waals surface area contributed by atoms with E-state index in [1.807, 2.05) is 55.5 Å². The minimum absolute atomic E-state index is 0.257. The maximum absolute atomic E-state index is 12.6. The molecule has 0 aliphatic rings. The molecule has 0 aliphatic carbocycles. The molecular formula is C30H38N2O6S. The number of unbranched alkanes of at least 4 members (excludes halogenated alkanes) is 1. The van der Waals surface area contributed by atoms with Crippen LogP contribution in [-0.4, -0.2) is 55.2 Å². The Bertz CT molecular complexity index is 1070. The second kappa shape index (κ2) is 16.5. The van der Waals surface area contributed by atoms with Gasteiger partial charge in [-0.3, -0.25) is 4.79 Å². The van der Waals surface area contributed by atoms with Gasteiger partial charge >= 0.3 is 5.97 Å². The van der Waals surface area contributed by atoms with Gasteiger partial charge in [0, 0.05) is 12.8 Å². The molecule has 0 spiro atoms. The molecule has 3 aromatic rings. The van der Waals surface area contributed by atoms with Crippen molar-refractivity contribution < 1.29 is 28.5 Å². The number of hydrogen-bond donors (Lipinski definition) is 0. The highest BCUT2D eigenvalue weighted by Crippen LogP contribution is 2.29. The average molecular weight is 555 g/mol. The number of carbonyl (C=O) groups excluding carboxylic acids is 1. The van der Waals surface area contributed by atoms with E-state index in [1.54, 1.807) is 20.3 Å². The molecular weight excluding hydrogens is 516 g/mol. The zero-order chi connectivity index (χ0) is 27.9. The Balaban J connectivity index is 1.70. The fourth-order valence-electron chi connectivity index (χ4n) is 3.69. The summed E-state index contributed by atoms with van der Waals surface area (Å²) in [6, 6.07) is 17.4. The number of nitrogens with zero attached hydrogens (tertiary/aromatic N) is 2. The number of methoxy groups -OCH3 is 2. The number of aromatic nitrogens is 2. The van der Waals surface area contributed by atoms with Crippen molar-refractivity contribution in [2.24, 2.45) is 0 Å². The third-order valence-electron chi connectivity index (χ3n) is 5.88. The van der Waals surface area contributed by atoms with E-state index in [0.717, 1.165) is 35.5 Å². The molecule has 0 amide bonds. The van der Waals surface area contributed by atoms with Crippen molar-refractivity contribution in [2.75, 3.05) is 34.0 Å². The lowest BCUT2D eigenvalue weighted by atomic mass is 10.1. The summed E-state index contributed by atoms with van der Waals surface area (Å²) in [5.74, 6) is 2.17. The quantitative estimate of drug-likeness (QED) is 0.114. The van der Waals surface area contributed by atoms with Crippen LogP contribution >= 0.6 is 11.8 Å². The topological polar surface area (TPSA) is 89.0 Å². The van der Waals surface area contributed by atoms with E-state index in [9.17, 15) is 4.79 Å². The molecule has 0 fully saturated rings. The zero-order valence-corrected chi connectivity index (χ0v) is 24.0. The molecule has 0 bridgehead atoms. The Morgan fingerprint density at radius 3 is 1.77 bits per heavy atom. The van der Waals surface area contributed by atoms with Crippen LogP contribution in [-0.2, 0) is 22.4 Å². The Kier molecular flexibility index (Phi) is 12.7. The number of hydrogen-bond acceptors (Lipinski definition) is 9. The molecule has 9 heteroatoms. The Hall–Kier alpha value is -3.46. The van der Waals surface area contributed by atoms with Gasteiger partial charge in [-0.05, 0) is 48.7 Å². The highest BCUT2D eigenvalue weighted by molar-refractivity contribution is 8.00. The number of thioether (sulfide) groups is 1. The number of benzene rings is 2. The van der Waals surface area contributed by atoms with Gasteiger partial charge in [0.15, 0.2) is 5.16 Å². The van der Waals surface area contributed by atoms with Crippen LogP contribution in [0.1, 0.15) is 44.2 Å². The van der Waals surface area contributed by atoms with Crippen molar-refractivity contribution in [1.29, 1.82) is 0 Å². The van der Waals surface area contributed by atoms with Gasteiger partial charge in [-0.15, -0.1) is 0 Å². The van der Waals surface area contributed by atoms with E-state index in [1.165, 1.54) is 11.8 Å². The van der Waals surface area contributed by atoms with E-state index in [-0.39, 0.29) is 5.97 Å². The summed E-state index contributed by atoms with van der Waals surface area (Å²) >= 11 is 1.29. The van der Waals surface area contributed by atoms with Crippen molar-refractivity contribution in [1.82, 2.24) is 9.97 Å². The molecule has 8 nitrogen and oxygen atoms in total. The van der Waals surface area contributed by atoms with Crippen LogP contribution in [0.3, 0.4) is 0 Å². The second-order valence-corrected chi connectivity index (χ2v) is 9.89. The zero-order valence-electron chi connectivity index (χ0n) is 23.2. The largest absolute Gasteiger partial charge is 0.497 e. The van der Waals surface area contributed by atoms with Gasteiger partial charge in [-0.25, -0.2) is 0 Å². The number of rotatable bonds is 17. The summed E-state index contributed by atoms with van der Waals surface area (Å²) in [5.41, 5.74) is 2.25. The van der Waals surface area contributed by atoms with Gasteiger partial charge in [0.1, 0.15) is 16.7 Å². The van der Waals surface area contributed by atoms with Crippen LogP contribution < -0.4 is 18.9 Å². The van der Waals surface area contributed by atoms with Crippen molar-refractivity contribution in [3.8, 4) is 23.3 Å². The maximum Gasteiger partial charge on any atom is 0.319 e. The second-order valence-electron chi connectivity index (χ2n) is 8.72. The first-order valence-corrected chi connectivity index (χ1v) is 14.2. The number of ether oxygens (including phenoxy) is 5. The summed E-state index contributed by atoms with van der Waals surface area (Å²) in [6.45, 7) is 5.08. The highest BCUT2D eigenvalue weighted by Gasteiger charge is 2.23. The van der Waals surface area contributed by atoms with Crippen LogP contribution in [0.4, 0.5) is 0 Å². The minimum atomic E-state index is -0.397. The average Bonchev–Trinajstić information content (AvgIpc) is 2.96. The van der Waals surface area contributed by atoms with E-state index in [4.69, 9.17) is 23.7 Å². The van der Waals surface area contributed by atoms with E-state index >= 15 is 0 Å². The van der Waals surface area contributed by atoms with Crippen LogP contribution in [0.5, 0.6) is 23.3 Å². The van der Waals surface area contributed by atoms with Gasteiger partial charge in [-0.1, -0.05) is 55.8 Å². The van der Waals surface area contributed by atoms with Crippen LogP contribution in [0.25, 0.3) is 0 Å². The Morgan fingerprint density at radius 1 is 0.821 bits per heavy atom. The number of esters is 1. The van der Waals surface area contributed by atoms with Gasteiger partial charge in [0.2, 0.25) is 11.8 Å². The summed E-state index contributed by atoms with van der Waals surface area (Å²) in [7, 11) is 3.29. The third-order valence-corrected chi connectivity index (χ3v) is 6.98. The van der Waals surface area contributed by atoms with Gasteiger partial charge < -0.3 is 23.7 Å². The molecule has 1 unspecified atom stereocenters. The molecule has 2 aromatic carbocycles. The first-order valence-electron chi connectivity index (χ1n) is 13.3. The molecule has 3 rings (SSSR count). The SMILES string of the molecule is CCCCC(Sc1nc(OCCc2ccc(OC)cc2)cc(OCCc2ccc(OC)cc2)n1)C(=O)OCC. The number of carbonyl (C=O) groups is 1. The molecule has 39 heavy (non-hydrogen) atoms. The fraction of sp³-hybridized carbons (Fsp3) is 0.433. The normalized spacial score (nSPS) is 11.5. The predicted octanol–water partition coefficient (Wildman–Crippen LogP) is 5.95. The minimum Gasteiger partial charge on any atom is -0.497 e. The molecule has 0 radical (unpaired) electrons. The van der Waals surface area contributed by atoms with E-state index in [2.05, 4.69) is 16.9 Å². The lowest BCUT2D eigenvalue weighted by Crippen LogP contribution is -2.21. The van der Waals surface area contributed by atoms with Crippen LogP contribution in [0, 0.1) is 0 Å². The van der Waals surface area contributed by atoms with Crippen molar-refractivity contribution in [2.45, 2.75) is 56.4 Å². The van der Waals surface area contributed by atoms with Crippen LogP contribution in [0.2, 0.25) is 0 Å². The van der Waals surface area contributed by atoms with Crippen molar-refractivity contribution >= 4 is 17.7 Å². The lowest BCUT2D eigenvalue weighted by molar-refractivity contribution is -0.142. The molecule has 210 valence electrons. The Morgan fingerprint density at radius 2 is 1.33 bits per heavy atom. The summed E-state index contributed by atoms with van der Waals surface area (Å²) in [5, 5.41) is 0.0251. The highest BCUT2D eigenvalue weighted by atomic mass is 32.2. The Labute approximate surface area is 235 Å². The van der Waals surface area contributed by atoms with Gasteiger partial charge in [0.25, 0.3) is 0 Å². The predicted molar refractivity (Wildman–Crippen MR) is 152 cm³/mol. The summed E-state index contributed by atoms with van der Waals surface area (Å²) in [6.07, 6.45) is 3.96. The van der Waals surface area contributed by atoms with Crippen molar-refractivity contribution in [3.05, 3.63) is 65.7 Å². The molecule has 0 saturated carbocycles. The molecule has 1 heterocycles. The molecule has 1 atom stereocenters. The van der Waals surface area contributed by atoms with E-state index < -0.39 is 5.25 Å². The monoisotopic (exact) mass is 554 g/mol. The fourth-order valence-corrected chi connectivity index (χ4v) is 4.68. The van der Waals surface area contributed by atoms with Crippen molar-refractivity contribution in [3.63, 3.8) is 0 Å². The van der Waals surface area contributed by atoms with Gasteiger partial charge in [-0.2, -0.15) is 9.97 Å². The smallest absolute Gasteiger partial charge is 0.319 e. The van der Waals surface area contributed by atoms with Gasteiger partial charge in [0.05, 0.1) is 40.1 Å². The summed E-state index contributed by atoms with van der Waals surface area (Å²) in [4.78, 5) is 21.7. The standard InChI is InChI=1S/C30H38N2O6S/c1-5-7-8-26(29(33)36-6-2)39-30-31-27(37-19-17-22-9-13-24(34-3)14-10-22)21-28(32-30)38-20-18-23-11-15-25(35-4)16-12-23/h9-16,21,26H,5-8,17-20H2,1-4H3. The first kappa shape index (κ1) is 30.1. The summed E-state index contributed by atoms with van der Waals surface area (Å²) < 4.78 is 27.8. The molecule has 0 N–H and O–H groups in total.